The molecule has 4 aromatic rings. The van der Waals surface area contributed by atoms with Crippen molar-refractivity contribution in [1.29, 1.82) is 0 Å². The molecule has 0 saturated carbocycles. The number of nitrogens with one attached hydrogen (secondary N) is 1. The topological polar surface area (TPSA) is 71.3 Å². The van der Waals surface area contributed by atoms with E-state index < -0.39 is 17.9 Å². The predicted molar refractivity (Wildman–Crippen MR) is 124 cm³/mol. The molecule has 2 heterocycles. The van der Waals surface area contributed by atoms with Gasteiger partial charge in [-0.1, -0.05) is 28.9 Å². The number of carbonyl (C=O) groups is 1. The lowest BCUT2D eigenvalue weighted by molar-refractivity contribution is 0.244. The molecule has 5 rings (SSSR count). The summed E-state index contributed by atoms with van der Waals surface area (Å²) in [5.41, 5.74) is 2.68. The second kappa shape index (κ2) is 8.72. The van der Waals surface area contributed by atoms with Crippen LogP contribution in [0.4, 0.5) is 19.3 Å². The van der Waals surface area contributed by atoms with Crippen molar-refractivity contribution in [3.63, 3.8) is 0 Å². The highest BCUT2D eigenvalue weighted by molar-refractivity contribution is 6.30. The molecule has 9 heteroatoms. The standard InChI is InChI=1S/C25H17ClF2N4O2/c1-14-21(24-30-23(31-34-24)15-5-9-18(27)10-6-15)22(16-3-2-4-19(28)13-16)29-25(33)32(14)20-11-7-17(26)8-12-20/h2-13,22H,1H3,(H,29,33). The Bertz CT molecular complexity index is 1400. The fourth-order valence-corrected chi connectivity index (χ4v) is 4.03. The molecule has 1 atom stereocenters. The molecule has 0 fully saturated rings. The van der Waals surface area contributed by atoms with E-state index in [0.29, 0.717) is 33.1 Å². The number of halogens is 3. The fourth-order valence-electron chi connectivity index (χ4n) is 3.91. The third-order valence-corrected chi connectivity index (χ3v) is 5.76. The molecule has 0 radical (unpaired) electrons. The molecule has 2 amide bonds. The van der Waals surface area contributed by atoms with E-state index >= 15 is 0 Å². The Kier molecular flexibility index (Phi) is 5.59. The number of carbonyl (C=O) groups excluding carboxylic acids is 1. The first-order valence-corrected chi connectivity index (χ1v) is 10.7. The number of rotatable bonds is 4. The molecule has 1 aromatic heterocycles. The summed E-state index contributed by atoms with van der Waals surface area (Å²) in [5, 5.41) is 7.47. The number of hydrogen-bond donors (Lipinski definition) is 1. The highest BCUT2D eigenvalue weighted by Gasteiger charge is 2.36. The normalized spacial score (nSPS) is 16.1. The van der Waals surface area contributed by atoms with Crippen LogP contribution >= 0.6 is 11.6 Å². The van der Waals surface area contributed by atoms with Gasteiger partial charge < -0.3 is 9.84 Å². The van der Waals surface area contributed by atoms with Crippen LogP contribution in [0.2, 0.25) is 5.02 Å². The summed E-state index contributed by atoms with van der Waals surface area (Å²) in [6.07, 6.45) is 0. The molecule has 170 valence electrons. The first-order valence-electron chi connectivity index (χ1n) is 10.3. The minimum absolute atomic E-state index is 0.144. The van der Waals surface area contributed by atoms with Gasteiger partial charge in [0, 0.05) is 16.3 Å². The van der Waals surface area contributed by atoms with Gasteiger partial charge in [-0.25, -0.2) is 13.6 Å². The maximum Gasteiger partial charge on any atom is 0.326 e. The average molecular weight is 479 g/mol. The van der Waals surface area contributed by atoms with Gasteiger partial charge in [0.05, 0.1) is 17.3 Å². The molecule has 0 spiro atoms. The molecule has 1 aliphatic rings. The summed E-state index contributed by atoms with van der Waals surface area (Å²) in [4.78, 5) is 19.1. The Hall–Kier alpha value is -4.04. The maximum absolute atomic E-state index is 14.0. The van der Waals surface area contributed by atoms with Crippen LogP contribution in [0.15, 0.2) is 83.0 Å². The number of allylic oxidation sites excluding steroid dienone is 1. The zero-order valence-corrected chi connectivity index (χ0v) is 18.6. The molecule has 6 nitrogen and oxygen atoms in total. The Morgan fingerprint density at radius 1 is 1.00 bits per heavy atom. The van der Waals surface area contributed by atoms with E-state index in [1.807, 2.05) is 0 Å². The van der Waals surface area contributed by atoms with E-state index in [4.69, 9.17) is 16.1 Å². The van der Waals surface area contributed by atoms with Crippen LogP contribution in [0, 0.1) is 11.6 Å². The summed E-state index contributed by atoms with van der Waals surface area (Å²) < 4.78 is 33.0. The van der Waals surface area contributed by atoms with Crippen molar-refractivity contribution in [1.82, 2.24) is 15.5 Å². The molecule has 0 saturated heterocycles. The molecule has 0 bridgehead atoms. The van der Waals surface area contributed by atoms with Gasteiger partial charge in [0.2, 0.25) is 5.82 Å². The van der Waals surface area contributed by atoms with Gasteiger partial charge in [0.15, 0.2) is 0 Å². The molecular weight excluding hydrogens is 462 g/mol. The van der Waals surface area contributed by atoms with Crippen molar-refractivity contribution in [3.05, 3.63) is 107 Å². The van der Waals surface area contributed by atoms with Gasteiger partial charge in [-0.15, -0.1) is 0 Å². The maximum atomic E-state index is 14.0. The first-order chi connectivity index (χ1) is 16.4. The lowest BCUT2D eigenvalue weighted by Gasteiger charge is -2.35. The molecule has 1 aliphatic heterocycles. The minimum atomic E-state index is -0.742. The van der Waals surface area contributed by atoms with Gasteiger partial charge >= 0.3 is 6.03 Å². The second-order valence-corrected chi connectivity index (χ2v) is 8.11. The summed E-state index contributed by atoms with van der Waals surface area (Å²) in [5.74, 6) is -0.430. The predicted octanol–water partition coefficient (Wildman–Crippen LogP) is 6.37. The summed E-state index contributed by atoms with van der Waals surface area (Å²) in [6, 6.07) is 17.2. The van der Waals surface area contributed by atoms with Crippen LogP contribution in [0.5, 0.6) is 0 Å². The average Bonchev–Trinajstić information content (AvgIpc) is 3.30. The number of benzene rings is 3. The summed E-state index contributed by atoms with van der Waals surface area (Å²) >= 11 is 6.01. The number of anilines is 1. The van der Waals surface area contributed by atoms with E-state index in [-0.39, 0.29) is 17.5 Å². The smallest absolute Gasteiger partial charge is 0.326 e. The van der Waals surface area contributed by atoms with Crippen LogP contribution in [0.3, 0.4) is 0 Å². The van der Waals surface area contributed by atoms with Crippen molar-refractivity contribution >= 4 is 28.9 Å². The van der Waals surface area contributed by atoms with E-state index in [1.165, 1.54) is 41.3 Å². The molecular formula is C25H17ClF2N4O2. The summed E-state index contributed by atoms with van der Waals surface area (Å²) in [7, 11) is 0. The largest absolute Gasteiger partial charge is 0.334 e. The number of nitrogens with zero attached hydrogens (tertiary/aromatic N) is 3. The lowest BCUT2D eigenvalue weighted by atomic mass is 9.94. The number of urea groups is 1. The Morgan fingerprint density at radius 3 is 2.44 bits per heavy atom. The quantitative estimate of drug-likeness (QED) is 0.370. The number of amides is 2. The zero-order chi connectivity index (χ0) is 23.8. The van der Waals surface area contributed by atoms with Crippen LogP contribution in [0.25, 0.3) is 17.0 Å². The van der Waals surface area contributed by atoms with Gasteiger partial charge in [-0.05, 0) is 73.2 Å². The molecule has 0 aliphatic carbocycles. The highest BCUT2D eigenvalue weighted by atomic mass is 35.5. The Balaban J connectivity index is 1.65. The number of aromatic nitrogens is 2. The molecule has 34 heavy (non-hydrogen) atoms. The zero-order valence-electron chi connectivity index (χ0n) is 17.8. The van der Waals surface area contributed by atoms with Crippen molar-refractivity contribution < 1.29 is 18.1 Å². The molecule has 1 unspecified atom stereocenters. The van der Waals surface area contributed by atoms with Crippen molar-refractivity contribution in [2.45, 2.75) is 13.0 Å². The monoisotopic (exact) mass is 478 g/mol. The van der Waals surface area contributed by atoms with E-state index in [1.54, 1.807) is 43.3 Å². The van der Waals surface area contributed by atoms with Crippen molar-refractivity contribution in [3.8, 4) is 11.4 Å². The summed E-state index contributed by atoms with van der Waals surface area (Å²) in [6.45, 7) is 1.75. The highest BCUT2D eigenvalue weighted by Crippen LogP contribution is 2.39. The third-order valence-electron chi connectivity index (χ3n) is 5.51. The van der Waals surface area contributed by atoms with Gasteiger partial charge in [-0.2, -0.15) is 4.98 Å². The SMILES string of the molecule is CC1=C(c2nc(-c3ccc(F)cc3)no2)C(c2cccc(F)c2)NC(=O)N1c1ccc(Cl)cc1. The van der Waals surface area contributed by atoms with Gasteiger partial charge in [0.1, 0.15) is 11.6 Å². The molecule has 1 N–H and O–H groups in total. The fraction of sp³-hybridized carbons (Fsp3) is 0.0800. The van der Waals surface area contributed by atoms with Crippen LogP contribution in [0.1, 0.15) is 24.4 Å². The Morgan fingerprint density at radius 2 is 1.74 bits per heavy atom. The minimum Gasteiger partial charge on any atom is -0.334 e. The van der Waals surface area contributed by atoms with Crippen LogP contribution < -0.4 is 10.2 Å². The third kappa shape index (κ3) is 4.04. The first kappa shape index (κ1) is 21.8. The Labute approximate surface area is 198 Å². The van der Waals surface area contributed by atoms with Crippen molar-refractivity contribution in [2.75, 3.05) is 4.90 Å². The van der Waals surface area contributed by atoms with Crippen molar-refractivity contribution in [2.24, 2.45) is 0 Å². The second-order valence-electron chi connectivity index (χ2n) is 7.68. The number of hydrogen-bond acceptors (Lipinski definition) is 4. The van der Waals surface area contributed by atoms with Gasteiger partial charge in [-0.3, -0.25) is 4.90 Å². The van der Waals surface area contributed by atoms with Crippen LogP contribution in [-0.4, -0.2) is 16.2 Å². The van der Waals surface area contributed by atoms with Crippen LogP contribution in [-0.2, 0) is 0 Å². The van der Waals surface area contributed by atoms with E-state index in [9.17, 15) is 13.6 Å². The van der Waals surface area contributed by atoms with E-state index in [2.05, 4.69) is 15.5 Å². The van der Waals surface area contributed by atoms with Gasteiger partial charge in [0.25, 0.3) is 5.89 Å². The molecule has 3 aromatic carbocycles. The van der Waals surface area contributed by atoms with E-state index in [0.717, 1.165) is 0 Å². The lowest BCUT2D eigenvalue weighted by Crippen LogP contribution is -2.46.